The Morgan fingerprint density at radius 2 is 1.26 bits per heavy atom. The van der Waals surface area contributed by atoms with Crippen molar-refractivity contribution in [2.24, 2.45) is 11.8 Å². The number of carbonyl (C=O) groups is 3. The zero-order valence-electron chi connectivity index (χ0n) is 43.2. The maximum absolute atomic E-state index is 13.5. The molecule has 4 aromatic carbocycles. The van der Waals surface area contributed by atoms with Gasteiger partial charge in [-0.1, -0.05) is 6.07 Å². The van der Waals surface area contributed by atoms with Crippen molar-refractivity contribution in [1.29, 1.82) is 0 Å². The summed E-state index contributed by atoms with van der Waals surface area (Å²) >= 11 is 1.46. The number of anilines is 2. The molecule has 0 saturated carbocycles. The number of halogens is 2. The molecule has 5 heterocycles. The minimum atomic E-state index is -1.47. The molecule has 2 aliphatic carbocycles. The summed E-state index contributed by atoms with van der Waals surface area (Å²) in [6.07, 6.45) is -7.16. The topological polar surface area (TPSA) is 324 Å². The number of methoxy groups -OCH3 is 2. The van der Waals surface area contributed by atoms with Crippen LogP contribution in [-0.4, -0.2) is 171 Å². The van der Waals surface area contributed by atoms with Gasteiger partial charge in [0, 0.05) is 62.5 Å². The standard InChI is InChI=1S/C32H32O13S.C22H28N4O6.2ClH/c1-37-19-6-13(7-20(38-2)25(19)33)23-14-8-17-18(42-12-41-17)9-15(14)28(16-10-39-30(36)24(16)23)44-32-27(35)26(34)29-21(43-32)11-40-31(45-29)22-4-3-5-46-22;27-11-9-23-5-7-25-13-1-2-14(26-8-6-24-10-12-28)18-17(13)21(31)19-15(29)3-4-16(30)20(19)22(18)32;;/h3-9,16,21,23-24,26-29,31-35H,10-12H2,1-2H3;1-4,23-30H,5-12H2;2*1H/t16?,21-,23-,24+,26-,27-,28?,29-,31?,32+;;;/m1.../s1. The summed E-state index contributed by atoms with van der Waals surface area (Å²) in [6, 6.07) is 16.4. The van der Waals surface area contributed by atoms with E-state index in [1.165, 1.54) is 37.7 Å². The molecule has 0 radical (unpaired) electrons. The highest BCUT2D eigenvalue weighted by Crippen LogP contribution is 2.57. The summed E-state index contributed by atoms with van der Waals surface area (Å²) in [5.41, 5.74) is 2.68. The molecular formula is C54H62Cl2N4O19S. The van der Waals surface area contributed by atoms with Crippen molar-refractivity contribution < 1.29 is 92.8 Å². The first-order valence-corrected chi connectivity index (χ1v) is 26.2. The monoisotopic (exact) mass is 1170 g/mol. The average molecular weight is 1170 g/mol. The Bertz CT molecular complexity index is 2920. The molecular weight excluding hydrogens is 1110 g/mol. The van der Waals surface area contributed by atoms with Crippen LogP contribution in [-0.2, 0) is 28.5 Å². The van der Waals surface area contributed by atoms with Gasteiger partial charge in [0.05, 0.1) is 79.8 Å². The van der Waals surface area contributed by atoms with Gasteiger partial charge in [-0.15, -0.1) is 36.2 Å². The number of ketones is 2. The lowest BCUT2D eigenvalue weighted by Crippen LogP contribution is -2.62. The third-order valence-electron chi connectivity index (χ3n) is 14.5. The molecule has 11 N–H and O–H groups in total. The van der Waals surface area contributed by atoms with Gasteiger partial charge in [-0.05, 0) is 76.7 Å². The van der Waals surface area contributed by atoms with Crippen LogP contribution >= 0.6 is 36.2 Å². The molecule has 23 nitrogen and oxygen atoms in total. The molecule has 3 saturated heterocycles. The van der Waals surface area contributed by atoms with Gasteiger partial charge in [0.15, 0.2) is 35.6 Å². The Hall–Kier alpha value is -6.23. The van der Waals surface area contributed by atoms with E-state index in [1.807, 2.05) is 23.6 Å². The van der Waals surface area contributed by atoms with Crippen LogP contribution in [0.5, 0.6) is 40.2 Å². The van der Waals surface area contributed by atoms with Crippen LogP contribution in [0.15, 0.2) is 66.0 Å². The largest absolute Gasteiger partial charge is 0.507 e. The molecule has 5 aromatic rings. The van der Waals surface area contributed by atoms with Crippen molar-refractivity contribution in [2.75, 3.05) is 97.3 Å². The third-order valence-corrected chi connectivity index (χ3v) is 15.4. The van der Waals surface area contributed by atoms with Crippen LogP contribution < -0.4 is 40.2 Å². The fourth-order valence-electron chi connectivity index (χ4n) is 10.8. The highest BCUT2D eigenvalue weighted by molar-refractivity contribution is 7.10. The maximum Gasteiger partial charge on any atom is 0.310 e. The Labute approximate surface area is 474 Å². The first-order valence-electron chi connectivity index (χ1n) is 25.3. The van der Waals surface area contributed by atoms with Gasteiger partial charge in [-0.3, -0.25) is 14.4 Å². The summed E-state index contributed by atoms with van der Waals surface area (Å²) in [7, 11) is 2.86. The second-order valence-electron chi connectivity index (χ2n) is 19.0. The van der Waals surface area contributed by atoms with E-state index in [-0.39, 0.29) is 109 Å². The molecule has 26 heteroatoms. The number of cyclic esters (lactones) is 1. The fourth-order valence-corrected chi connectivity index (χ4v) is 11.5. The van der Waals surface area contributed by atoms with E-state index in [1.54, 1.807) is 30.3 Å². The number of rotatable bonds is 18. The number of nitrogens with one attached hydrogen (secondary N) is 4. The van der Waals surface area contributed by atoms with E-state index in [2.05, 4.69) is 21.3 Å². The number of esters is 1. The highest BCUT2D eigenvalue weighted by atomic mass is 35.5. The van der Waals surface area contributed by atoms with Crippen LogP contribution in [0.1, 0.15) is 71.7 Å². The summed E-state index contributed by atoms with van der Waals surface area (Å²) in [5.74, 6) is -2.95. The van der Waals surface area contributed by atoms with Gasteiger partial charge in [0.1, 0.15) is 35.9 Å². The molecule has 1 aromatic heterocycles. The average Bonchev–Trinajstić information content (AvgIpc) is 4.39. The second kappa shape index (κ2) is 26.1. The van der Waals surface area contributed by atoms with Crippen molar-refractivity contribution in [1.82, 2.24) is 10.6 Å². The minimum absolute atomic E-state index is 0. The van der Waals surface area contributed by atoms with Crippen molar-refractivity contribution in [3.63, 3.8) is 0 Å². The molecule has 432 valence electrons. The van der Waals surface area contributed by atoms with E-state index in [0.29, 0.717) is 78.8 Å². The summed E-state index contributed by atoms with van der Waals surface area (Å²) < 4.78 is 52.6. The fraction of sp³-hybridized carbons (Fsp3) is 0.426. The van der Waals surface area contributed by atoms with E-state index in [4.69, 9.17) is 52.8 Å². The molecule has 0 spiro atoms. The lowest BCUT2D eigenvalue weighted by atomic mass is 9.66. The quantitative estimate of drug-likeness (QED) is 0.0333. The smallest absolute Gasteiger partial charge is 0.310 e. The van der Waals surface area contributed by atoms with Gasteiger partial charge in [-0.25, -0.2) is 0 Å². The number of aliphatic hydroxyl groups excluding tert-OH is 4. The zero-order chi connectivity index (χ0) is 54.8. The van der Waals surface area contributed by atoms with E-state index in [0.717, 1.165) is 4.88 Å². The number of hydrogen-bond acceptors (Lipinski definition) is 24. The van der Waals surface area contributed by atoms with Crippen LogP contribution in [0.2, 0.25) is 0 Å². The molecule has 0 amide bonds. The summed E-state index contributed by atoms with van der Waals surface area (Å²) in [6.45, 7) is 2.98. The van der Waals surface area contributed by atoms with Gasteiger partial charge in [0.2, 0.25) is 24.1 Å². The SMILES string of the molecule is COc1cc([C@@H]2c3cc4c(cc3C(O[C@@H]3O[C@@H]5COC(c6cccs6)O[C@H]5[C@H](O)[C@H]3O)C3COC(=O)[C@@H]32)OCO4)cc(OC)c1O.Cl.Cl.O=C1c2c(O)ccc(O)c2C(=O)c2c(NCCNCCO)ccc(NCCNCCO)c21. The van der Waals surface area contributed by atoms with Crippen molar-refractivity contribution in [3.8, 4) is 40.2 Å². The van der Waals surface area contributed by atoms with Crippen LogP contribution in [0.4, 0.5) is 11.4 Å². The predicted octanol–water partition coefficient (Wildman–Crippen LogP) is 3.46. The number of phenols is 3. The first-order chi connectivity index (χ1) is 37.9. The number of thiophene rings is 1. The van der Waals surface area contributed by atoms with E-state index < -0.39 is 78.4 Å². The molecule has 10 atom stereocenters. The van der Waals surface area contributed by atoms with Crippen molar-refractivity contribution >= 4 is 65.1 Å². The molecule has 0 bridgehead atoms. The Morgan fingerprint density at radius 1 is 0.675 bits per heavy atom. The van der Waals surface area contributed by atoms with Crippen molar-refractivity contribution in [2.45, 2.75) is 49.0 Å². The molecule has 6 aliphatic rings. The Morgan fingerprint density at radius 3 is 1.81 bits per heavy atom. The lowest BCUT2D eigenvalue weighted by molar-refractivity contribution is -0.368. The second-order valence-corrected chi connectivity index (χ2v) is 20.0. The van der Waals surface area contributed by atoms with E-state index in [9.17, 15) is 39.9 Å². The number of hydrogen-bond donors (Lipinski definition) is 11. The van der Waals surface area contributed by atoms with Crippen LogP contribution in [0.25, 0.3) is 0 Å². The third kappa shape index (κ3) is 11.5. The Kier molecular flexibility index (Phi) is 19.6. The molecule has 11 rings (SSSR count). The van der Waals surface area contributed by atoms with Crippen molar-refractivity contribution in [3.05, 3.63) is 110 Å². The number of aromatic hydroxyl groups is 3. The lowest BCUT2D eigenvalue weighted by Gasteiger charge is -2.48. The number of benzene rings is 4. The normalized spacial score (nSPS) is 24.7. The van der Waals surface area contributed by atoms with E-state index >= 15 is 0 Å². The summed E-state index contributed by atoms with van der Waals surface area (Å²) in [5, 5.41) is 85.6. The van der Waals surface area contributed by atoms with Gasteiger partial charge >= 0.3 is 5.97 Å². The number of phenolic OH excluding ortho intramolecular Hbond substituents is 3. The minimum Gasteiger partial charge on any atom is -0.507 e. The number of aliphatic hydroxyl groups is 4. The van der Waals surface area contributed by atoms with Crippen LogP contribution in [0.3, 0.4) is 0 Å². The number of fused-ring (bicyclic) bond motifs is 6. The number of carbonyl (C=O) groups excluding carboxylic acids is 3. The molecule has 80 heavy (non-hydrogen) atoms. The molecule has 3 fully saturated rings. The predicted molar refractivity (Wildman–Crippen MR) is 290 cm³/mol. The number of ether oxygens (including phenoxy) is 9. The summed E-state index contributed by atoms with van der Waals surface area (Å²) in [4.78, 5) is 41.1. The zero-order valence-corrected chi connectivity index (χ0v) is 45.6. The highest BCUT2D eigenvalue weighted by Gasteiger charge is 2.56. The Balaban J connectivity index is 0.000000219. The van der Waals surface area contributed by atoms with Crippen LogP contribution in [0, 0.1) is 11.8 Å². The van der Waals surface area contributed by atoms with Gasteiger partial charge < -0.3 is 99.6 Å². The first kappa shape index (κ1) is 59.9. The molecule has 3 unspecified atom stereocenters. The maximum atomic E-state index is 13.5. The molecule has 4 aliphatic heterocycles. The van der Waals surface area contributed by atoms with Gasteiger partial charge in [0.25, 0.3) is 0 Å². The van der Waals surface area contributed by atoms with Gasteiger partial charge in [-0.2, -0.15) is 0 Å².